The van der Waals surface area contributed by atoms with Crippen LogP contribution < -0.4 is 10.1 Å². The second-order valence-electron chi connectivity index (χ2n) is 5.95. The van der Waals surface area contributed by atoms with Crippen molar-refractivity contribution in [2.24, 2.45) is 0 Å². The Morgan fingerprint density at radius 3 is 2.70 bits per heavy atom. The number of amides is 1. The molecule has 0 aliphatic carbocycles. The lowest BCUT2D eigenvalue weighted by Crippen LogP contribution is -2.12. The zero-order valence-electron chi connectivity index (χ0n) is 15.0. The maximum atomic E-state index is 12.4. The van der Waals surface area contributed by atoms with Crippen molar-refractivity contribution in [3.63, 3.8) is 0 Å². The molecule has 0 fully saturated rings. The molecule has 27 heavy (non-hydrogen) atoms. The highest BCUT2D eigenvalue weighted by Crippen LogP contribution is 2.30. The van der Waals surface area contributed by atoms with Crippen molar-refractivity contribution in [3.05, 3.63) is 68.6 Å². The second kappa shape index (κ2) is 7.55. The monoisotopic (exact) mass is 383 g/mol. The number of benzene rings is 2. The SMILES string of the molecule is COc1ccc(C(=O)Nc2nc(-c3cc(C)ccc3C)cs2)cc1[N+](=O)[O-]. The summed E-state index contributed by atoms with van der Waals surface area (Å²) in [7, 11) is 1.34. The predicted molar refractivity (Wildman–Crippen MR) is 105 cm³/mol. The summed E-state index contributed by atoms with van der Waals surface area (Å²) in [6.45, 7) is 4.01. The zero-order chi connectivity index (χ0) is 19.6. The first-order chi connectivity index (χ1) is 12.9. The smallest absolute Gasteiger partial charge is 0.311 e. The molecule has 138 valence electrons. The van der Waals surface area contributed by atoms with E-state index in [-0.39, 0.29) is 17.0 Å². The lowest BCUT2D eigenvalue weighted by atomic mass is 10.0. The highest BCUT2D eigenvalue weighted by atomic mass is 32.1. The van der Waals surface area contributed by atoms with Gasteiger partial charge in [-0.2, -0.15) is 0 Å². The van der Waals surface area contributed by atoms with Gasteiger partial charge in [0.2, 0.25) is 0 Å². The van der Waals surface area contributed by atoms with Crippen molar-refractivity contribution in [3.8, 4) is 17.0 Å². The summed E-state index contributed by atoms with van der Waals surface area (Å²) < 4.78 is 4.95. The maximum absolute atomic E-state index is 12.4. The van der Waals surface area contributed by atoms with Gasteiger partial charge in [0.15, 0.2) is 10.9 Å². The molecule has 1 heterocycles. The van der Waals surface area contributed by atoms with Gasteiger partial charge >= 0.3 is 5.69 Å². The van der Waals surface area contributed by atoms with Gasteiger partial charge in [-0.15, -0.1) is 11.3 Å². The maximum Gasteiger partial charge on any atom is 0.311 e. The molecule has 0 saturated heterocycles. The molecule has 2 aromatic carbocycles. The van der Waals surface area contributed by atoms with E-state index in [9.17, 15) is 14.9 Å². The Morgan fingerprint density at radius 2 is 2.00 bits per heavy atom. The minimum absolute atomic E-state index is 0.100. The Kier molecular flexibility index (Phi) is 5.18. The van der Waals surface area contributed by atoms with Gasteiger partial charge in [0.25, 0.3) is 5.91 Å². The summed E-state index contributed by atoms with van der Waals surface area (Å²) in [6.07, 6.45) is 0. The fourth-order valence-corrected chi connectivity index (χ4v) is 3.32. The minimum Gasteiger partial charge on any atom is -0.490 e. The van der Waals surface area contributed by atoms with E-state index in [1.807, 2.05) is 37.4 Å². The van der Waals surface area contributed by atoms with Crippen LogP contribution in [0, 0.1) is 24.0 Å². The Bertz CT molecular complexity index is 1030. The van der Waals surface area contributed by atoms with Crippen LogP contribution in [0.25, 0.3) is 11.3 Å². The van der Waals surface area contributed by atoms with Gasteiger partial charge in [-0.05, 0) is 37.6 Å². The number of methoxy groups -OCH3 is 1. The molecule has 7 nitrogen and oxygen atoms in total. The molecule has 1 amide bonds. The summed E-state index contributed by atoms with van der Waals surface area (Å²) >= 11 is 1.30. The number of nitrogens with one attached hydrogen (secondary N) is 1. The first kappa shape index (κ1) is 18.5. The fraction of sp³-hybridized carbons (Fsp3) is 0.158. The largest absolute Gasteiger partial charge is 0.490 e. The van der Waals surface area contributed by atoms with Crippen molar-refractivity contribution < 1.29 is 14.5 Å². The summed E-state index contributed by atoms with van der Waals surface area (Å²) in [5, 5.41) is 16.1. The molecular weight excluding hydrogens is 366 g/mol. The molecule has 3 rings (SSSR count). The van der Waals surface area contributed by atoms with Crippen LogP contribution in [0.4, 0.5) is 10.8 Å². The van der Waals surface area contributed by atoms with Crippen molar-refractivity contribution in [2.45, 2.75) is 13.8 Å². The van der Waals surface area contributed by atoms with Gasteiger partial charge < -0.3 is 4.74 Å². The van der Waals surface area contributed by atoms with Crippen LogP contribution in [0.1, 0.15) is 21.5 Å². The second-order valence-corrected chi connectivity index (χ2v) is 6.81. The van der Waals surface area contributed by atoms with Crippen LogP contribution in [-0.2, 0) is 0 Å². The molecule has 0 spiro atoms. The lowest BCUT2D eigenvalue weighted by molar-refractivity contribution is -0.385. The number of carbonyl (C=O) groups is 1. The molecule has 1 N–H and O–H groups in total. The van der Waals surface area contributed by atoms with E-state index in [2.05, 4.69) is 10.3 Å². The fourth-order valence-electron chi connectivity index (χ4n) is 2.61. The third kappa shape index (κ3) is 3.95. The van der Waals surface area contributed by atoms with Gasteiger partial charge in [0, 0.05) is 22.6 Å². The van der Waals surface area contributed by atoms with Gasteiger partial charge in [0.05, 0.1) is 17.7 Å². The molecule has 0 aliphatic rings. The van der Waals surface area contributed by atoms with Crippen LogP contribution in [0.15, 0.2) is 41.8 Å². The number of aryl methyl sites for hydroxylation is 2. The minimum atomic E-state index is -0.586. The number of nitrogens with zero attached hydrogens (tertiary/aromatic N) is 2. The zero-order valence-corrected chi connectivity index (χ0v) is 15.8. The lowest BCUT2D eigenvalue weighted by Gasteiger charge is -2.05. The van der Waals surface area contributed by atoms with E-state index in [1.165, 1.54) is 36.6 Å². The standard InChI is InChI=1S/C19H17N3O4S/c1-11-4-5-12(2)14(8-11)15-10-27-19(20-15)21-18(23)13-6-7-17(26-3)16(9-13)22(24)25/h4-10H,1-3H3,(H,20,21,23). The first-order valence-electron chi connectivity index (χ1n) is 8.06. The van der Waals surface area contributed by atoms with E-state index >= 15 is 0 Å². The Hall–Kier alpha value is -3.26. The summed E-state index contributed by atoms with van der Waals surface area (Å²) in [6, 6.07) is 10.2. The molecular formula is C19H17N3O4S. The number of nitro groups is 1. The highest BCUT2D eigenvalue weighted by molar-refractivity contribution is 7.14. The van der Waals surface area contributed by atoms with Crippen LogP contribution >= 0.6 is 11.3 Å². The van der Waals surface area contributed by atoms with Gasteiger partial charge in [0.1, 0.15) is 0 Å². The van der Waals surface area contributed by atoms with E-state index in [4.69, 9.17) is 4.74 Å². The van der Waals surface area contributed by atoms with E-state index in [0.717, 1.165) is 22.4 Å². The summed E-state index contributed by atoms with van der Waals surface area (Å²) in [5.41, 5.74) is 3.89. The Balaban J connectivity index is 1.83. The molecule has 8 heteroatoms. The van der Waals surface area contributed by atoms with Crippen molar-refractivity contribution >= 4 is 28.1 Å². The number of rotatable bonds is 5. The van der Waals surface area contributed by atoms with Crippen molar-refractivity contribution in [1.82, 2.24) is 4.98 Å². The quantitative estimate of drug-likeness (QED) is 0.513. The van der Waals surface area contributed by atoms with Crippen LogP contribution in [0.3, 0.4) is 0 Å². The van der Waals surface area contributed by atoms with Crippen LogP contribution in [0.5, 0.6) is 5.75 Å². The Labute approximate surface area is 159 Å². The number of aromatic nitrogens is 1. The van der Waals surface area contributed by atoms with Crippen LogP contribution in [-0.4, -0.2) is 22.9 Å². The Morgan fingerprint density at radius 1 is 1.22 bits per heavy atom. The van der Waals surface area contributed by atoms with E-state index in [1.54, 1.807) is 0 Å². The van der Waals surface area contributed by atoms with Gasteiger partial charge in [-0.1, -0.05) is 17.7 Å². The van der Waals surface area contributed by atoms with Crippen LogP contribution in [0.2, 0.25) is 0 Å². The number of thiazole rings is 1. The third-order valence-electron chi connectivity index (χ3n) is 4.03. The summed E-state index contributed by atoms with van der Waals surface area (Å²) in [4.78, 5) is 27.4. The van der Waals surface area contributed by atoms with E-state index < -0.39 is 10.8 Å². The normalized spacial score (nSPS) is 10.5. The molecule has 0 radical (unpaired) electrons. The molecule has 1 aromatic heterocycles. The average molecular weight is 383 g/mol. The number of nitro benzene ring substituents is 1. The number of hydrogen-bond acceptors (Lipinski definition) is 6. The van der Waals surface area contributed by atoms with Gasteiger partial charge in [-0.3, -0.25) is 20.2 Å². The molecule has 0 atom stereocenters. The van der Waals surface area contributed by atoms with Gasteiger partial charge in [-0.25, -0.2) is 4.98 Å². The number of anilines is 1. The predicted octanol–water partition coefficient (Wildman–Crippen LogP) is 4.60. The molecule has 0 saturated carbocycles. The number of hydrogen-bond donors (Lipinski definition) is 1. The number of ether oxygens (including phenoxy) is 1. The average Bonchev–Trinajstić information content (AvgIpc) is 3.11. The molecule has 3 aromatic rings. The topological polar surface area (TPSA) is 94.4 Å². The first-order valence-corrected chi connectivity index (χ1v) is 8.94. The number of carbonyl (C=O) groups excluding carboxylic acids is 1. The molecule has 0 aliphatic heterocycles. The van der Waals surface area contributed by atoms with Crippen molar-refractivity contribution in [1.29, 1.82) is 0 Å². The van der Waals surface area contributed by atoms with Crippen molar-refractivity contribution in [2.75, 3.05) is 12.4 Å². The third-order valence-corrected chi connectivity index (χ3v) is 4.79. The molecule has 0 unspecified atom stereocenters. The highest BCUT2D eigenvalue weighted by Gasteiger charge is 2.19. The summed E-state index contributed by atoms with van der Waals surface area (Å²) in [5.74, 6) is -0.370. The van der Waals surface area contributed by atoms with E-state index in [0.29, 0.717) is 5.13 Å². The molecule has 0 bridgehead atoms.